The summed E-state index contributed by atoms with van der Waals surface area (Å²) in [5.41, 5.74) is -1.05. The minimum atomic E-state index is -3.78. The standard InChI is InChI=1S/C9H10IN2O7P.H3N/c10-4-2-12(9(14)11-8(4)13)7-1-5-6(18-7)3-17-20(15,16)19-5;/h2,5-7,15-16H,1,3H2;1H3/p+1/t5-,6+,7+;/m0./s1. The van der Waals surface area contributed by atoms with Gasteiger partial charge in [0.15, 0.2) is 0 Å². The highest BCUT2D eigenvalue weighted by atomic mass is 127. The average molecular weight is 434 g/mol. The predicted molar refractivity (Wildman–Crippen MR) is 79.8 cm³/mol. The van der Waals surface area contributed by atoms with Gasteiger partial charge in [-0.1, -0.05) is 0 Å². The van der Waals surface area contributed by atoms with E-state index in [9.17, 15) is 19.4 Å². The van der Waals surface area contributed by atoms with Crippen molar-refractivity contribution in [3.63, 3.8) is 0 Å². The van der Waals surface area contributed by atoms with Crippen molar-refractivity contribution in [1.82, 2.24) is 15.7 Å². The Labute approximate surface area is 132 Å². The maximum absolute atomic E-state index is 11.8. The van der Waals surface area contributed by atoms with Crippen molar-refractivity contribution < 1.29 is 23.6 Å². The number of hydrogen-bond acceptors (Lipinski definition) is 8. The van der Waals surface area contributed by atoms with E-state index < -0.39 is 37.9 Å². The first-order valence-electron chi connectivity index (χ1n) is 5.69. The van der Waals surface area contributed by atoms with Crippen molar-refractivity contribution in [3.8, 4) is 0 Å². The summed E-state index contributed by atoms with van der Waals surface area (Å²) in [6, 6.07) is 0. The Bertz CT molecular complexity index is 647. The van der Waals surface area contributed by atoms with Crippen LogP contribution in [0.4, 0.5) is 0 Å². The van der Waals surface area contributed by atoms with Crippen LogP contribution < -0.4 is 17.4 Å². The number of H-pyrrole nitrogens is 1. The summed E-state index contributed by atoms with van der Waals surface area (Å²) >= 11 is 1.81. The first kappa shape index (κ1) is 17.0. The molecule has 0 radical (unpaired) electrons. The monoisotopic (exact) mass is 434 g/mol. The van der Waals surface area contributed by atoms with E-state index in [2.05, 4.69) is 4.98 Å². The molecule has 3 rings (SSSR count). The van der Waals surface area contributed by atoms with Crippen LogP contribution in [-0.2, 0) is 13.8 Å². The summed E-state index contributed by atoms with van der Waals surface area (Å²) in [7, 11) is -3.78. The molecule has 0 saturated carbocycles. The molecule has 118 valence electrons. The lowest BCUT2D eigenvalue weighted by atomic mass is 10.2. The molecule has 0 bridgehead atoms. The summed E-state index contributed by atoms with van der Waals surface area (Å²) in [4.78, 5) is 44.0. The zero-order valence-corrected chi connectivity index (χ0v) is 13.7. The van der Waals surface area contributed by atoms with Crippen molar-refractivity contribution in [2.45, 2.75) is 24.9 Å². The van der Waals surface area contributed by atoms with Gasteiger partial charge in [0.05, 0.1) is 3.57 Å². The minimum absolute atomic E-state index is 0. The molecule has 2 aliphatic heterocycles. The second-order valence-corrected chi connectivity index (χ2v) is 7.05. The molecule has 2 saturated heterocycles. The van der Waals surface area contributed by atoms with Gasteiger partial charge in [-0.15, -0.1) is 4.52 Å². The Balaban J connectivity index is 0.00000161. The molecule has 3 atom stereocenters. The van der Waals surface area contributed by atoms with Crippen molar-refractivity contribution in [2.24, 2.45) is 0 Å². The summed E-state index contributed by atoms with van der Waals surface area (Å²) in [5.74, 6) is 0. The normalized spacial score (nSPS) is 30.5. The third-order valence-corrected chi connectivity index (χ3v) is 4.89. The molecule has 0 unspecified atom stereocenters. The van der Waals surface area contributed by atoms with E-state index in [0.29, 0.717) is 3.57 Å². The van der Waals surface area contributed by atoms with E-state index in [0.717, 1.165) is 0 Å². The largest absolute Gasteiger partial charge is 0.570 e. The van der Waals surface area contributed by atoms with Crippen molar-refractivity contribution in [2.75, 3.05) is 6.61 Å². The van der Waals surface area contributed by atoms with Gasteiger partial charge in [0.1, 0.15) is 25.0 Å². The van der Waals surface area contributed by atoms with Crippen LogP contribution in [0.1, 0.15) is 12.6 Å². The fourth-order valence-electron chi connectivity index (χ4n) is 2.18. The van der Waals surface area contributed by atoms with Crippen molar-refractivity contribution in [1.29, 1.82) is 0 Å². The van der Waals surface area contributed by atoms with E-state index in [-0.39, 0.29) is 19.2 Å². The zero-order valence-electron chi connectivity index (χ0n) is 10.6. The topological polar surface area (TPSA) is 158 Å². The van der Waals surface area contributed by atoms with E-state index in [1.807, 2.05) is 22.6 Å². The van der Waals surface area contributed by atoms with E-state index in [4.69, 9.17) is 13.8 Å². The van der Waals surface area contributed by atoms with Crippen molar-refractivity contribution in [3.05, 3.63) is 30.6 Å². The lowest BCUT2D eigenvalue weighted by Crippen LogP contribution is -2.34. The number of rotatable bonds is 1. The number of ether oxygens (including phenoxy) is 1. The Morgan fingerprint density at radius 2 is 2.10 bits per heavy atom. The summed E-state index contributed by atoms with van der Waals surface area (Å²) in [6.07, 6.45) is -0.0360. The average Bonchev–Trinajstić information content (AvgIpc) is 2.74. The molecule has 0 aromatic carbocycles. The molecule has 0 spiro atoms. The lowest BCUT2D eigenvalue weighted by Gasteiger charge is -2.23. The van der Waals surface area contributed by atoms with Crippen molar-refractivity contribution >= 4 is 30.8 Å². The molecule has 3 heterocycles. The molecule has 12 heteroatoms. The number of hydrogen-bond donors (Lipinski definition) is 4. The van der Waals surface area contributed by atoms with Crippen LogP contribution in [-0.4, -0.2) is 38.2 Å². The highest BCUT2D eigenvalue weighted by Crippen LogP contribution is 2.58. The fourth-order valence-corrected chi connectivity index (χ4v) is 3.60. The van der Waals surface area contributed by atoms with Gasteiger partial charge in [-0.05, 0) is 22.6 Å². The molecule has 1 aromatic rings. The highest BCUT2D eigenvalue weighted by Gasteiger charge is 2.55. The SMILES string of the molecule is N.O=c1[nH]c(=O)n([C@H]2C[C@@H]3O[P+](O)(O)OC[C@H]3O2)cc1I. The van der Waals surface area contributed by atoms with Gasteiger partial charge in [-0.25, -0.2) is 4.79 Å². The van der Waals surface area contributed by atoms with Crippen LogP contribution in [0.15, 0.2) is 15.8 Å². The lowest BCUT2D eigenvalue weighted by molar-refractivity contribution is -0.0764. The second kappa shape index (κ2) is 6.01. The van der Waals surface area contributed by atoms with Gasteiger partial charge in [0.25, 0.3) is 5.56 Å². The third kappa shape index (κ3) is 3.35. The summed E-state index contributed by atoms with van der Waals surface area (Å²) in [5, 5.41) is 0. The Hall–Kier alpha value is -0.400. The first-order valence-corrected chi connectivity index (χ1v) is 8.30. The molecule has 2 fully saturated rings. The van der Waals surface area contributed by atoms with E-state index in [1.54, 1.807) is 0 Å². The number of aromatic amines is 1. The third-order valence-electron chi connectivity index (χ3n) is 3.09. The number of fused-ring (bicyclic) bond motifs is 1. The molecule has 21 heavy (non-hydrogen) atoms. The molecule has 0 aliphatic carbocycles. The molecule has 10 nitrogen and oxygen atoms in total. The number of nitrogens with one attached hydrogen (secondary N) is 1. The molecule has 2 aliphatic rings. The van der Waals surface area contributed by atoms with Crippen LogP contribution in [0.25, 0.3) is 0 Å². The number of halogens is 1. The Kier molecular flexibility index (Phi) is 4.85. The van der Waals surface area contributed by atoms with Gasteiger partial charge in [-0.2, -0.15) is 14.3 Å². The second-order valence-electron chi connectivity index (χ2n) is 4.44. The van der Waals surface area contributed by atoms with Crippen LogP contribution >= 0.6 is 30.8 Å². The molecule has 6 N–H and O–H groups in total. The van der Waals surface area contributed by atoms with Crippen LogP contribution in [0.2, 0.25) is 0 Å². The van der Waals surface area contributed by atoms with Crippen LogP contribution in [0.3, 0.4) is 0 Å². The molecule has 0 amide bonds. The van der Waals surface area contributed by atoms with Crippen LogP contribution in [0.5, 0.6) is 0 Å². The Morgan fingerprint density at radius 1 is 1.38 bits per heavy atom. The van der Waals surface area contributed by atoms with E-state index >= 15 is 0 Å². The van der Waals surface area contributed by atoms with Crippen LogP contribution in [0, 0.1) is 3.57 Å². The maximum Gasteiger partial charge on any atom is 0.570 e. The molecular formula is C9H14IN3O7P+. The summed E-state index contributed by atoms with van der Waals surface area (Å²) in [6.45, 7) is -0.0167. The fraction of sp³-hybridized carbons (Fsp3) is 0.556. The molecular weight excluding hydrogens is 420 g/mol. The number of aromatic nitrogens is 2. The predicted octanol–water partition coefficient (Wildman–Crippen LogP) is -0.332. The quantitative estimate of drug-likeness (QED) is 0.346. The van der Waals surface area contributed by atoms with Gasteiger partial charge < -0.3 is 10.9 Å². The first-order chi connectivity index (χ1) is 9.35. The minimum Gasteiger partial charge on any atom is -0.349 e. The maximum atomic E-state index is 11.8. The number of nitrogens with zero attached hydrogens (tertiary/aromatic N) is 1. The summed E-state index contributed by atoms with van der Waals surface area (Å²) < 4.78 is 17.0. The Morgan fingerprint density at radius 3 is 2.81 bits per heavy atom. The highest BCUT2D eigenvalue weighted by molar-refractivity contribution is 14.1. The van der Waals surface area contributed by atoms with Gasteiger partial charge in [0, 0.05) is 12.6 Å². The van der Waals surface area contributed by atoms with Gasteiger partial charge >= 0.3 is 13.9 Å². The van der Waals surface area contributed by atoms with E-state index in [1.165, 1.54) is 10.8 Å². The zero-order chi connectivity index (χ0) is 14.5. The van der Waals surface area contributed by atoms with Gasteiger partial charge in [0.2, 0.25) is 0 Å². The van der Waals surface area contributed by atoms with Gasteiger partial charge in [-0.3, -0.25) is 14.3 Å². The smallest absolute Gasteiger partial charge is 0.349 e. The molecule has 1 aromatic heterocycles.